The summed E-state index contributed by atoms with van der Waals surface area (Å²) in [6, 6.07) is 34.6. The summed E-state index contributed by atoms with van der Waals surface area (Å²) < 4.78 is 21.5. The molecule has 0 saturated carbocycles. The minimum Gasteiger partial charge on any atom is -0.493 e. The third kappa shape index (κ3) is 5.65. The van der Waals surface area contributed by atoms with E-state index < -0.39 is 12.2 Å². The summed E-state index contributed by atoms with van der Waals surface area (Å²) in [5.74, 6) is 0.693. The molecule has 3 aromatic carbocycles. The maximum Gasteiger partial charge on any atom is 0.415 e. The fourth-order valence-corrected chi connectivity index (χ4v) is 7.09. The number of imidazole rings is 2. The van der Waals surface area contributed by atoms with E-state index in [1.165, 1.54) is 0 Å². The molecule has 11 nitrogen and oxygen atoms in total. The molecule has 2 saturated heterocycles. The molecule has 7 aromatic rings. The molecule has 0 radical (unpaired) electrons. The van der Waals surface area contributed by atoms with Crippen LogP contribution in [0.25, 0.3) is 11.3 Å². The Labute approximate surface area is 299 Å². The van der Waals surface area contributed by atoms with Crippen molar-refractivity contribution in [2.75, 3.05) is 23.0 Å². The summed E-state index contributed by atoms with van der Waals surface area (Å²) in [7, 11) is 0. The lowest BCUT2D eigenvalue weighted by atomic mass is 9.95. The molecule has 258 valence electrons. The second kappa shape index (κ2) is 12.9. The summed E-state index contributed by atoms with van der Waals surface area (Å²) in [5.41, 5.74) is 6.70. The quantitative estimate of drug-likeness (QED) is 0.150. The van der Waals surface area contributed by atoms with E-state index in [1.807, 2.05) is 143 Å². The Kier molecular flexibility index (Phi) is 7.80. The van der Waals surface area contributed by atoms with Gasteiger partial charge in [-0.3, -0.25) is 9.80 Å². The van der Waals surface area contributed by atoms with Crippen LogP contribution in [0.4, 0.5) is 21.0 Å². The Morgan fingerprint density at radius 3 is 2.31 bits per heavy atom. The number of hydrogen-bond acceptors (Lipinski definition) is 7. The zero-order valence-corrected chi connectivity index (χ0v) is 28.2. The van der Waals surface area contributed by atoms with Crippen LogP contribution < -0.4 is 14.5 Å². The zero-order chi connectivity index (χ0) is 35.2. The number of amides is 2. The highest BCUT2D eigenvalue weighted by Gasteiger charge is 2.44. The minimum absolute atomic E-state index is 0.0202. The second-order valence-corrected chi connectivity index (χ2v) is 13.1. The Morgan fingerprint density at radius 2 is 1.52 bits per heavy atom. The molecule has 0 spiro atoms. The first-order valence-electron chi connectivity index (χ1n) is 17.2. The van der Waals surface area contributed by atoms with Crippen LogP contribution in [-0.4, -0.2) is 44.2 Å². The van der Waals surface area contributed by atoms with E-state index in [9.17, 15) is 9.59 Å². The lowest BCUT2D eigenvalue weighted by Crippen LogP contribution is -2.28. The third-order valence-electron chi connectivity index (χ3n) is 9.79. The van der Waals surface area contributed by atoms with Crippen LogP contribution in [0.1, 0.15) is 53.4 Å². The number of nitrogens with zero attached hydrogens (tertiary/aromatic N) is 6. The standard InChI is InChI=1S/C41H34N6O5/c1-27(25-50-33-15-12-28(13-16-33)35-26-51-40(48)46(35)31-18-20-44-21-19-42-37(44)22-31)34-24-45-23-32(14-17-36(45)43-34)47-38(29-8-4-2-5-9-29)39(52-41(47)49)30-10-6-3-7-11-30/h2-24,27,35,38-39H,25-26H2,1H3. The van der Waals surface area contributed by atoms with Crippen LogP contribution in [0.3, 0.4) is 0 Å². The van der Waals surface area contributed by atoms with E-state index in [2.05, 4.69) is 11.9 Å². The Bertz CT molecular complexity index is 2390. The zero-order valence-electron chi connectivity index (χ0n) is 28.2. The van der Waals surface area contributed by atoms with Crippen LogP contribution in [0.15, 0.2) is 140 Å². The highest BCUT2D eigenvalue weighted by molar-refractivity contribution is 5.92. The predicted molar refractivity (Wildman–Crippen MR) is 195 cm³/mol. The number of carbonyl (C=O) groups is 2. The number of fused-ring (bicyclic) bond motifs is 2. The van der Waals surface area contributed by atoms with Gasteiger partial charge in [-0.05, 0) is 47.0 Å². The van der Waals surface area contributed by atoms with Gasteiger partial charge in [0.05, 0.1) is 29.7 Å². The average molecular weight is 691 g/mol. The number of anilines is 2. The molecule has 4 atom stereocenters. The van der Waals surface area contributed by atoms with E-state index in [1.54, 1.807) is 16.0 Å². The molecule has 0 bridgehead atoms. The van der Waals surface area contributed by atoms with Gasteiger partial charge in [0.1, 0.15) is 29.7 Å². The molecule has 11 heteroatoms. The molecule has 2 amide bonds. The van der Waals surface area contributed by atoms with Crippen molar-refractivity contribution in [3.8, 4) is 5.75 Å². The molecule has 6 heterocycles. The van der Waals surface area contributed by atoms with Crippen LogP contribution in [0, 0.1) is 0 Å². The lowest BCUT2D eigenvalue weighted by Gasteiger charge is -2.25. The SMILES string of the molecule is CC(COc1ccc(C2COC(=O)N2c2ccn3ccnc3c2)cc1)c1cn2cc(N3C(=O)OC(c4ccccc4)C3c3ccccc3)ccc2n1. The van der Waals surface area contributed by atoms with E-state index in [4.69, 9.17) is 19.2 Å². The van der Waals surface area contributed by atoms with Crippen molar-refractivity contribution in [1.82, 2.24) is 18.8 Å². The summed E-state index contributed by atoms with van der Waals surface area (Å²) >= 11 is 0. The number of pyridine rings is 2. The van der Waals surface area contributed by atoms with Crippen molar-refractivity contribution < 1.29 is 23.8 Å². The minimum atomic E-state index is -0.456. The molecule has 52 heavy (non-hydrogen) atoms. The van der Waals surface area contributed by atoms with E-state index in [0.29, 0.717) is 18.0 Å². The maximum absolute atomic E-state index is 13.5. The number of carbonyl (C=O) groups excluding carboxylic acids is 2. The molecule has 4 unspecified atom stereocenters. The number of benzene rings is 3. The topological polar surface area (TPSA) is 103 Å². The molecular formula is C41H34N6O5. The van der Waals surface area contributed by atoms with Crippen molar-refractivity contribution in [2.45, 2.75) is 31.0 Å². The smallest absolute Gasteiger partial charge is 0.415 e. The third-order valence-corrected chi connectivity index (χ3v) is 9.79. The normalized spacial score (nSPS) is 19.3. The van der Waals surface area contributed by atoms with Crippen molar-refractivity contribution in [2.24, 2.45) is 0 Å². The van der Waals surface area contributed by atoms with Gasteiger partial charge in [0.15, 0.2) is 6.10 Å². The first kappa shape index (κ1) is 31.4. The van der Waals surface area contributed by atoms with Gasteiger partial charge >= 0.3 is 12.2 Å². The van der Waals surface area contributed by atoms with E-state index >= 15 is 0 Å². The average Bonchev–Trinajstić information content (AvgIpc) is 3.99. The van der Waals surface area contributed by atoms with Gasteiger partial charge in [-0.2, -0.15) is 0 Å². The van der Waals surface area contributed by atoms with Gasteiger partial charge in [0, 0.05) is 43.0 Å². The Morgan fingerprint density at radius 1 is 0.750 bits per heavy atom. The van der Waals surface area contributed by atoms with Gasteiger partial charge in [-0.1, -0.05) is 79.7 Å². The van der Waals surface area contributed by atoms with Crippen LogP contribution in [-0.2, 0) is 9.47 Å². The molecular weight excluding hydrogens is 656 g/mol. The molecule has 4 aromatic heterocycles. The van der Waals surface area contributed by atoms with Gasteiger partial charge < -0.3 is 23.0 Å². The first-order chi connectivity index (χ1) is 25.5. The largest absolute Gasteiger partial charge is 0.493 e. The lowest BCUT2D eigenvalue weighted by molar-refractivity contribution is 0.132. The first-order valence-corrected chi connectivity index (χ1v) is 17.2. The summed E-state index contributed by atoms with van der Waals surface area (Å²) in [5, 5.41) is 0. The molecule has 2 fully saturated rings. The monoisotopic (exact) mass is 690 g/mol. The highest BCUT2D eigenvalue weighted by Crippen LogP contribution is 2.45. The predicted octanol–water partition coefficient (Wildman–Crippen LogP) is 8.30. The van der Waals surface area contributed by atoms with Crippen molar-refractivity contribution in [1.29, 1.82) is 0 Å². The summed E-state index contributed by atoms with van der Waals surface area (Å²) in [6.45, 7) is 2.73. The van der Waals surface area contributed by atoms with Crippen molar-refractivity contribution >= 4 is 34.9 Å². The Balaban J connectivity index is 0.901. The molecule has 2 aliphatic rings. The van der Waals surface area contributed by atoms with Gasteiger partial charge in [0.2, 0.25) is 0 Å². The molecule has 2 aliphatic heterocycles. The fourth-order valence-electron chi connectivity index (χ4n) is 7.09. The maximum atomic E-state index is 13.5. The number of hydrogen-bond donors (Lipinski definition) is 0. The molecule has 9 rings (SSSR count). The number of cyclic esters (lactones) is 2. The van der Waals surface area contributed by atoms with E-state index in [0.717, 1.165) is 39.4 Å². The Hall–Kier alpha value is -6.62. The summed E-state index contributed by atoms with van der Waals surface area (Å²) in [4.78, 5) is 38.8. The van der Waals surface area contributed by atoms with Gasteiger partial charge in [-0.15, -0.1) is 0 Å². The van der Waals surface area contributed by atoms with Crippen LogP contribution in [0.2, 0.25) is 0 Å². The van der Waals surface area contributed by atoms with Crippen LogP contribution >= 0.6 is 0 Å². The van der Waals surface area contributed by atoms with Crippen molar-refractivity contribution in [3.63, 3.8) is 0 Å². The number of aromatic nitrogens is 4. The van der Waals surface area contributed by atoms with Crippen molar-refractivity contribution in [3.05, 3.63) is 163 Å². The fraction of sp³-hybridized carbons (Fsp3) is 0.171. The van der Waals surface area contributed by atoms with Gasteiger partial charge in [-0.25, -0.2) is 19.6 Å². The highest BCUT2D eigenvalue weighted by atomic mass is 16.6. The summed E-state index contributed by atoms with van der Waals surface area (Å²) in [6.07, 6.45) is 8.13. The molecule has 0 N–H and O–H groups in total. The second-order valence-electron chi connectivity index (χ2n) is 13.1. The number of rotatable bonds is 9. The van der Waals surface area contributed by atoms with Gasteiger partial charge in [0.25, 0.3) is 0 Å². The van der Waals surface area contributed by atoms with E-state index in [-0.39, 0.29) is 30.7 Å². The molecule has 0 aliphatic carbocycles. The van der Waals surface area contributed by atoms with Crippen LogP contribution in [0.5, 0.6) is 5.75 Å². The number of ether oxygens (including phenoxy) is 3.